The van der Waals surface area contributed by atoms with Crippen LogP contribution in [0.2, 0.25) is 0 Å². The standard InChI is InChI=1S/C13H15F2N/c14-10-5-6-12(11(15)7-10)16-13(8-1-2-8)9-3-4-9/h5-9,13,16H,1-4H2. The highest BCUT2D eigenvalue weighted by Gasteiger charge is 2.41. The summed E-state index contributed by atoms with van der Waals surface area (Å²) in [5.74, 6) is 0.414. The average molecular weight is 223 g/mol. The van der Waals surface area contributed by atoms with Crippen molar-refractivity contribution < 1.29 is 8.78 Å². The van der Waals surface area contributed by atoms with E-state index < -0.39 is 11.6 Å². The molecule has 2 aliphatic carbocycles. The molecule has 2 aliphatic rings. The fourth-order valence-electron chi connectivity index (χ4n) is 2.32. The van der Waals surface area contributed by atoms with Crippen molar-refractivity contribution in [3.05, 3.63) is 29.8 Å². The van der Waals surface area contributed by atoms with Gasteiger partial charge in [-0.1, -0.05) is 0 Å². The van der Waals surface area contributed by atoms with Crippen LogP contribution in [-0.2, 0) is 0 Å². The summed E-state index contributed by atoms with van der Waals surface area (Å²) in [7, 11) is 0. The van der Waals surface area contributed by atoms with Crippen molar-refractivity contribution in [1.82, 2.24) is 0 Å². The third kappa shape index (κ3) is 2.04. The maximum atomic E-state index is 13.5. The molecule has 0 aliphatic heterocycles. The van der Waals surface area contributed by atoms with Crippen LogP contribution in [0.15, 0.2) is 18.2 Å². The van der Waals surface area contributed by atoms with Crippen LogP contribution in [0.5, 0.6) is 0 Å². The monoisotopic (exact) mass is 223 g/mol. The summed E-state index contributed by atoms with van der Waals surface area (Å²) in [4.78, 5) is 0. The third-order valence-corrected chi connectivity index (χ3v) is 3.51. The highest BCUT2D eigenvalue weighted by Crippen LogP contribution is 2.46. The molecule has 1 nitrogen and oxygen atoms in total. The highest BCUT2D eigenvalue weighted by atomic mass is 19.1. The number of halogens is 2. The molecule has 0 unspecified atom stereocenters. The Kier molecular flexibility index (Phi) is 2.34. The van der Waals surface area contributed by atoms with Gasteiger partial charge in [0.1, 0.15) is 11.6 Å². The van der Waals surface area contributed by atoms with Gasteiger partial charge in [-0.2, -0.15) is 0 Å². The fourth-order valence-corrected chi connectivity index (χ4v) is 2.32. The Hall–Kier alpha value is -1.12. The summed E-state index contributed by atoms with van der Waals surface area (Å²) in [5, 5.41) is 3.26. The van der Waals surface area contributed by atoms with Crippen molar-refractivity contribution >= 4 is 5.69 Å². The zero-order chi connectivity index (χ0) is 11.1. The van der Waals surface area contributed by atoms with Crippen LogP contribution in [0.3, 0.4) is 0 Å². The smallest absolute Gasteiger partial charge is 0.149 e. The molecule has 3 rings (SSSR count). The van der Waals surface area contributed by atoms with Crippen molar-refractivity contribution in [3.63, 3.8) is 0 Å². The second-order valence-corrected chi connectivity index (χ2v) is 4.97. The van der Waals surface area contributed by atoms with Gasteiger partial charge >= 0.3 is 0 Å². The van der Waals surface area contributed by atoms with E-state index >= 15 is 0 Å². The molecule has 0 atom stereocenters. The lowest BCUT2D eigenvalue weighted by Gasteiger charge is -2.19. The van der Waals surface area contributed by atoms with E-state index in [2.05, 4.69) is 5.32 Å². The summed E-state index contributed by atoms with van der Waals surface area (Å²) < 4.78 is 26.2. The van der Waals surface area contributed by atoms with E-state index in [1.54, 1.807) is 0 Å². The lowest BCUT2D eigenvalue weighted by molar-refractivity contribution is 0.551. The van der Waals surface area contributed by atoms with Gasteiger partial charge in [-0.15, -0.1) is 0 Å². The molecule has 2 saturated carbocycles. The molecule has 1 aromatic carbocycles. The Morgan fingerprint density at radius 1 is 1.06 bits per heavy atom. The topological polar surface area (TPSA) is 12.0 Å². The molecule has 0 spiro atoms. The fraction of sp³-hybridized carbons (Fsp3) is 0.538. The lowest BCUT2D eigenvalue weighted by atomic mass is 10.1. The maximum Gasteiger partial charge on any atom is 0.149 e. The number of hydrogen-bond donors (Lipinski definition) is 1. The molecule has 0 heterocycles. The van der Waals surface area contributed by atoms with Gasteiger partial charge in [-0.25, -0.2) is 8.78 Å². The van der Waals surface area contributed by atoms with Crippen LogP contribution < -0.4 is 5.32 Å². The van der Waals surface area contributed by atoms with Gasteiger partial charge in [0.2, 0.25) is 0 Å². The molecule has 0 radical (unpaired) electrons. The molecular formula is C13H15F2N. The van der Waals surface area contributed by atoms with Crippen molar-refractivity contribution in [2.75, 3.05) is 5.32 Å². The third-order valence-electron chi connectivity index (χ3n) is 3.51. The number of anilines is 1. The predicted molar refractivity (Wildman–Crippen MR) is 59.2 cm³/mol. The van der Waals surface area contributed by atoms with Crippen LogP contribution in [0.25, 0.3) is 0 Å². The van der Waals surface area contributed by atoms with E-state index in [4.69, 9.17) is 0 Å². The van der Waals surface area contributed by atoms with E-state index in [0.29, 0.717) is 23.6 Å². The SMILES string of the molecule is Fc1ccc(NC(C2CC2)C2CC2)c(F)c1. The summed E-state index contributed by atoms with van der Waals surface area (Å²) in [6.45, 7) is 0. The van der Waals surface area contributed by atoms with E-state index in [0.717, 1.165) is 6.07 Å². The summed E-state index contributed by atoms with van der Waals surface area (Å²) in [5.41, 5.74) is 0.449. The molecule has 2 fully saturated rings. The Bertz CT molecular complexity index is 385. The summed E-state index contributed by atoms with van der Waals surface area (Å²) in [6.07, 6.45) is 4.99. The molecule has 0 saturated heterocycles. The first kappa shape index (κ1) is 10.1. The largest absolute Gasteiger partial charge is 0.379 e. The molecule has 0 aromatic heterocycles. The van der Waals surface area contributed by atoms with Gasteiger partial charge < -0.3 is 5.32 Å². The Morgan fingerprint density at radius 2 is 1.69 bits per heavy atom. The molecule has 1 aromatic rings. The first-order valence-electron chi connectivity index (χ1n) is 5.95. The molecule has 0 bridgehead atoms. The van der Waals surface area contributed by atoms with Crippen molar-refractivity contribution in [3.8, 4) is 0 Å². The minimum atomic E-state index is -0.516. The van der Waals surface area contributed by atoms with E-state index in [-0.39, 0.29) is 0 Å². The quantitative estimate of drug-likeness (QED) is 0.822. The van der Waals surface area contributed by atoms with Gasteiger partial charge in [-0.3, -0.25) is 0 Å². The summed E-state index contributed by atoms with van der Waals surface area (Å²) >= 11 is 0. The van der Waals surface area contributed by atoms with Crippen molar-refractivity contribution in [2.45, 2.75) is 31.7 Å². The minimum Gasteiger partial charge on any atom is -0.379 e. The Balaban J connectivity index is 1.76. The molecule has 86 valence electrons. The predicted octanol–water partition coefficient (Wildman–Crippen LogP) is 3.57. The first-order valence-corrected chi connectivity index (χ1v) is 5.95. The summed E-state index contributed by atoms with van der Waals surface area (Å²) in [6, 6.07) is 4.16. The van der Waals surface area contributed by atoms with Crippen LogP contribution in [0.1, 0.15) is 25.7 Å². The zero-order valence-electron chi connectivity index (χ0n) is 9.05. The normalized spacial score (nSPS) is 20.2. The van der Waals surface area contributed by atoms with Crippen LogP contribution >= 0.6 is 0 Å². The lowest BCUT2D eigenvalue weighted by Crippen LogP contribution is -2.24. The Labute approximate surface area is 93.9 Å². The number of nitrogens with one attached hydrogen (secondary N) is 1. The minimum absolute atomic E-state index is 0.403. The van der Waals surface area contributed by atoms with Gasteiger partial charge in [0, 0.05) is 12.1 Å². The van der Waals surface area contributed by atoms with Crippen molar-refractivity contribution in [1.29, 1.82) is 0 Å². The molecular weight excluding hydrogens is 208 g/mol. The number of benzene rings is 1. The molecule has 0 amide bonds. The highest BCUT2D eigenvalue weighted by molar-refractivity contribution is 5.46. The van der Waals surface area contributed by atoms with E-state index in [1.165, 1.54) is 37.8 Å². The van der Waals surface area contributed by atoms with Crippen LogP contribution in [0.4, 0.5) is 14.5 Å². The van der Waals surface area contributed by atoms with Gasteiger partial charge in [-0.05, 0) is 49.7 Å². The second kappa shape index (κ2) is 3.72. The Morgan fingerprint density at radius 3 is 2.19 bits per heavy atom. The van der Waals surface area contributed by atoms with E-state index in [1.807, 2.05) is 0 Å². The van der Waals surface area contributed by atoms with Gasteiger partial charge in [0.05, 0.1) is 5.69 Å². The zero-order valence-corrected chi connectivity index (χ0v) is 9.05. The van der Waals surface area contributed by atoms with Crippen molar-refractivity contribution in [2.24, 2.45) is 11.8 Å². The molecule has 1 N–H and O–H groups in total. The van der Waals surface area contributed by atoms with E-state index in [9.17, 15) is 8.78 Å². The van der Waals surface area contributed by atoms with Gasteiger partial charge in [0.25, 0.3) is 0 Å². The maximum absolute atomic E-state index is 13.5. The number of hydrogen-bond acceptors (Lipinski definition) is 1. The van der Waals surface area contributed by atoms with Crippen LogP contribution in [0, 0.1) is 23.5 Å². The molecule has 16 heavy (non-hydrogen) atoms. The first-order chi connectivity index (χ1) is 7.74. The average Bonchev–Trinajstić information content (AvgIpc) is 3.11. The second-order valence-electron chi connectivity index (χ2n) is 4.97. The number of rotatable bonds is 4. The van der Waals surface area contributed by atoms with Gasteiger partial charge in [0.15, 0.2) is 0 Å². The molecule has 3 heteroatoms. The van der Waals surface area contributed by atoms with Crippen LogP contribution in [-0.4, -0.2) is 6.04 Å².